The van der Waals surface area contributed by atoms with Gasteiger partial charge in [-0.25, -0.2) is 9.97 Å². The topological polar surface area (TPSA) is 68.2 Å². The average Bonchev–Trinajstić information content (AvgIpc) is 3.66. The number of fused-ring (bicyclic) bond motifs is 1. The summed E-state index contributed by atoms with van der Waals surface area (Å²) in [7, 11) is 0. The molecule has 1 saturated heterocycles. The molecule has 5 rings (SSSR count). The second-order valence-corrected chi connectivity index (χ2v) is 9.94. The molecule has 1 aromatic carbocycles. The largest absolute Gasteiger partial charge is 0.493 e. The summed E-state index contributed by atoms with van der Waals surface area (Å²) >= 11 is 0. The molecule has 0 amide bonds. The fourth-order valence-electron chi connectivity index (χ4n) is 5.02. The SMILES string of the molecule is CC.CCCCC.CCc1cccnc1.O=CCN1CC(c2ccc3c(c2)CCO3)CC1CCc1ncccn1. The van der Waals surface area contributed by atoms with E-state index < -0.39 is 0 Å². The monoisotopic (exact) mass is 546 g/mol. The van der Waals surface area contributed by atoms with Crippen LogP contribution in [0, 0.1) is 0 Å². The van der Waals surface area contributed by atoms with Gasteiger partial charge in [0.05, 0.1) is 13.2 Å². The van der Waals surface area contributed by atoms with Crippen molar-refractivity contribution in [2.45, 2.75) is 97.9 Å². The molecule has 1 fully saturated rings. The van der Waals surface area contributed by atoms with Crippen LogP contribution in [0.4, 0.5) is 0 Å². The van der Waals surface area contributed by atoms with Gasteiger partial charge in [0.2, 0.25) is 0 Å². The van der Waals surface area contributed by atoms with Crippen LogP contribution in [0.25, 0.3) is 0 Å². The smallest absolute Gasteiger partial charge is 0.133 e. The van der Waals surface area contributed by atoms with Crippen molar-refractivity contribution in [1.29, 1.82) is 0 Å². The number of hydrogen-bond acceptors (Lipinski definition) is 6. The van der Waals surface area contributed by atoms with Crippen LogP contribution in [0.15, 0.2) is 61.2 Å². The second-order valence-electron chi connectivity index (χ2n) is 9.94. The van der Waals surface area contributed by atoms with Gasteiger partial charge in [-0.05, 0) is 60.1 Å². The molecule has 4 heterocycles. The molecule has 2 atom stereocenters. The van der Waals surface area contributed by atoms with Crippen LogP contribution in [0.1, 0.15) is 95.2 Å². The third-order valence-corrected chi connectivity index (χ3v) is 7.18. The molecule has 3 aromatic rings. The van der Waals surface area contributed by atoms with Gasteiger partial charge in [-0.3, -0.25) is 9.88 Å². The molecule has 0 radical (unpaired) electrons. The molecule has 2 aromatic heterocycles. The van der Waals surface area contributed by atoms with Gasteiger partial charge >= 0.3 is 0 Å². The lowest BCUT2D eigenvalue weighted by Gasteiger charge is -2.21. The van der Waals surface area contributed by atoms with Gasteiger partial charge < -0.3 is 9.53 Å². The fourth-order valence-corrected chi connectivity index (χ4v) is 5.02. The van der Waals surface area contributed by atoms with Gasteiger partial charge in [-0.15, -0.1) is 0 Å². The van der Waals surface area contributed by atoms with Crippen LogP contribution in [0.3, 0.4) is 0 Å². The van der Waals surface area contributed by atoms with Crippen LogP contribution in [-0.2, 0) is 24.1 Å². The highest BCUT2D eigenvalue weighted by atomic mass is 16.5. The van der Waals surface area contributed by atoms with E-state index in [1.807, 2.05) is 32.2 Å². The van der Waals surface area contributed by atoms with E-state index in [4.69, 9.17) is 4.74 Å². The van der Waals surface area contributed by atoms with Crippen LogP contribution in [-0.4, -0.2) is 51.9 Å². The lowest BCUT2D eigenvalue weighted by Crippen LogP contribution is -2.31. The molecule has 218 valence electrons. The minimum Gasteiger partial charge on any atom is -0.493 e. The number of carbonyl (C=O) groups is 1. The molecule has 6 heteroatoms. The van der Waals surface area contributed by atoms with E-state index in [1.165, 1.54) is 36.0 Å². The maximum Gasteiger partial charge on any atom is 0.133 e. The maximum absolute atomic E-state index is 11.1. The Morgan fingerprint density at radius 2 is 1.80 bits per heavy atom. The molecular weight excluding hydrogens is 496 g/mol. The predicted molar refractivity (Wildman–Crippen MR) is 165 cm³/mol. The number of aryl methyl sites for hydroxylation is 2. The number of likely N-dealkylation sites (tertiary alicyclic amines) is 1. The van der Waals surface area contributed by atoms with Gasteiger partial charge in [-0.2, -0.15) is 0 Å². The lowest BCUT2D eigenvalue weighted by molar-refractivity contribution is -0.109. The molecule has 0 N–H and O–H groups in total. The zero-order valence-corrected chi connectivity index (χ0v) is 25.4. The highest BCUT2D eigenvalue weighted by Crippen LogP contribution is 2.36. The van der Waals surface area contributed by atoms with Crippen molar-refractivity contribution >= 4 is 6.29 Å². The van der Waals surface area contributed by atoms with Crippen LogP contribution in [0.5, 0.6) is 5.75 Å². The number of ether oxygens (including phenoxy) is 1. The Balaban J connectivity index is 0.000000308. The summed E-state index contributed by atoms with van der Waals surface area (Å²) in [6.07, 6.45) is 17.4. The number of hydrogen-bond donors (Lipinski definition) is 0. The van der Waals surface area contributed by atoms with Crippen LogP contribution >= 0.6 is 0 Å². The molecule has 0 spiro atoms. The molecule has 2 aliphatic rings. The van der Waals surface area contributed by atoms with Crippen molar-refractivity contribution in [3.8, 4) is 5.75 Å². The lowest BCUT2D eigenvalue weighted by atomic mass is 9.93. The molecule has 40 heavy (non-hydrogen) atoms. The Kier molecular flexibility index (Phi) is 16.4. The summed E-state index contributed by atoms with van der Waals surface area (Å²) in [5.41, 5.74) is 3.99. The highest BCUT2D eigenvalue weighted by Gasteiger charge is 2.33. The number of benzene rings is 1. The van der Waals surface area contributed by atoms with Crippen molar-refractivity contribution in [3.05, 3.63) is 83.7 Å². The number of pyridine rings is 1. The summed E-state index contributed by atoms with van der Waals surface area (Å²) in [5, 5.41) is 0. The van der Waals surface area contributed by atoms with E-state index in [0.717, 1.165) is 63.1 Å². The number of unbranched alkanes of at least 4 members (excludes halogenated alkanes) is 2. The third kappa shape index (κ3) is 11.2. The standard InChI is InChI=1S/C20H23N3O2.C7H9N.C5H12.C2H6/c24-10-9-23-14-17(15-2-4-19-16(12-15)6-11-25-19)13-18(23)3-5-20-21-7-1-8-22-20;1-2-7-4-3-5-8-6-7;1-3-5-4-2;1-2/h1-2,4,7-8,10,12,17-18H,3,5-6,9,11,13-14H2;3-6H,2H2,1H3;3-5H2,1-2H3;1-2H3. The Labute approximate surface area is 242 Å². The minimum absolute atomic E-state index is 0.406. The number of rotatable bonds is 9. The quantitative estimate of drug-likeness (QED) is 0.263. The Hall–Kier alpha value is -3.12. The first-order chi connectivity index (χ1) is 19.7. The molecule has 0 aliphatic carbocycles. The summed E-state index contributed by atoms with van der Waals surface area (Å²) in [6.45, 7) is 12.8. The van der Waals surface area contributed by atoms with Crippen LogP contribution in [0.2, 0.25) is 0 Å². The maximum atomic E-state index is 11.1. The van der Waals surface area contributed by atoms with Gasteiger partial charge in [-0.1, -0.05) is 72.1 Å². The summed E-state index contributed by atoms with van der Waals surface area (Å²) in [4.78, 5) is 26.0. The van der Waals surface area contributed by atoms with Gasteiger partial charge in [0.1, 0.15) is 17.9 Å². The van der Waals surface area contributed by atoms with E-state index in [0.29, 0.717) is 18.5 Å². The Bertz CT molecular complexity index is 1060. The Morgan fingerprint density at radius 3 is 2.40 bits per heavy atom. The molecular formula is C34H50N4O2. The fraction of sp³-hybridized carbons (Fsp3) is 0.529. The molecule has 2 aliphatic heterocycles. The van der Waals surface area contributed by atoms with E-state index in [9.17, 15) is 4.79 Å². The molecule has 6 nitrogen and oxygen atoms in total. The van der Waals surface area contributed by atoms with Crippen molar-refractivity contribution < 1.29 is 9.53 Å². The zero-order chi connectivity index (χ0) is 29.0. The Morgan fingerprint density at radius 1 is 1.02 bits per heavy atom. The first-order valence-electron chi connectivity index (χ1n) is 15.3. The van der Waals surface area contributed by atoms with Crippen molar-refractivity contribution in [3.63, 3.8) is 0 Å². The average molecular weight is 547 g/mol. The third-order valence-electron chi connectivity index (χ3n) is 7.18. The van der Waals surface area contributed by atoms with Crippen molar-refractivity contribution in [1.82, 2.24) is 19.9 Å². The molecule has 0 saturated carbocycles. The minimum atomic E-state index is 0.406. The van der Waals surface area contributed by atoms with E-state index >= 15 is 0 Å². The van der Waals surface area contributed by atoms with Crippen molar-refractivity contribution in [2.24, 2.45) is 0 Å². The van der Waals surface area contributed by atoms with E-state index in [1.54, 1.807) is 18.6 Å². The number of carbonyl (C=O) groups excluding carboxylic acids is 1. The van der Waals surface area contributed by atoms with E-state index in [-0.39, 0.29) is 0 Å². The summed E-state index contributed by atoms with van der Waals surface area (Å²) < 4.78 is 5.61. The van der Waals surface area contributed by atoms with Crippen LogP contribution < -0.4 is 4.74 Å². The van der Waals surface area contributed by atoms with Gasteiger partial charge in [0.25, 0.3) is 0 Å². The van der Waals surface area contributed by atoms with E-state index in [2.05, 4.69) is 64.9 Å². The number of nitrogens with zero attached hydrogens (tertiary/aromatic N) is 4. The highest BCUT2D eigenvalue weighted by molar-refractivity contribution is 5.52. The second kappa shape index (κ2) is 19.9. The first kappa shape index (κ1) is 33.1. The number of aromatic nitrogens is 3. The zero-order valence-electron chi connectivity index (χ0n) is 25.4. The van der Waals surface area contributed by atoms with Gasteiger partial charge in [0.15, 0.2) is 0 Å². The predicted octanol–water partition coefficient (Wildman–Crippen LogP) is 7.27. The molecule has 0 bridgehead atoms. The summed E-state index contributed by atoms with van der Waals surface area (Å²) in [5.74, 6) is 2.39. The summed E-state index contributed by atoms with van der Waals surface area (Å²) in [6, 6.07) is 12.9. The van der Waals surface area contributed by atoms with Gasteiger partial charge in [0, 0.05) is 50.2 Å². The molecule has 2 unspecified atom stereocenters. The normalized spacial score (nSPS) is 17.1. The van der Waals surface area contributed by atoms with Crippen molar-refractivity contribution in [2.75, 3.05) is 19.7 Å². The number of aldehydes is 1. The first-order valence-corrected chi connectivity index (χ1v) is 15.3.